The number of anilines is 2. The quantitative estimate of drug-likeness (QED) is 0.168. The summed E-state index contributed by atoms with van der Waals surface area (Å²) in [5.74, 6) is 1.76. The van der Waals surface area contributed by atoms with E-state index in [9.17, 15) is 0 Å². The molecule has 0 bridgehead atoms. The Bertz CT molecular complexity index is 3460. The summed E-state index contributed by atoms with van der Waals surface area (Å²) in [4.78, 5) is 2.52. The van der Waals surface area contributed by atoms with Crippen LogP contribution in [0.1, 0.15) is 0 Å². The second-order valence-corrected chi connectivity index (χ2v) is 15.6. The highest BCUT2D eigenvalue weighted by Gasteiger charge is 2.44. The van der Waals surface area contributed by atoms with Gasteiger partial charge < -0.3 is 18.5 Å². The van der Waals surface area contributed by atoms with Crippen LogP contribution in [0.25, 0.3) is 82.8 Å². The molecule has 4 nitrogen and oxygen atoms in total. The lowest BCUT2D eigenvalue weighted by Gasteiger charge is -2.42. The Morgan fingerprint density at radius 1 is 0.390 bits per heavy atom. The molecule has 9 aromatic carbocycles. The summed E-state index contributed by atoms with van der Waals surface area (Å²) in [6.07, 6.45) is 0. The number of fused-ring (bicyclic) bond motifs is 10. The molecule has 0 unspecified atom stereocenters. The highest BCUT2D eigenvalue weighted by molar-refractivity contribution is 6.92. The van der Waals surface area contributed by atoms with Crippen LogP contribution in [0.4, 0.5) is 11.4 Å². The van der Waals surface area contributed by atoms with Crippen molar-refractivity contribution in [3.63, 3.8) is 0 Å². The monoisotopic (exact) mass is 752 g/mol. The molecule has 2 aliphatic heterocycles. The fraction of sp³-hybridized carbons (Fsp3) is 0. The maximum Gasteiger partial charge on any atom is 0.336 e. The van der Waals surface area contributed by atoms with Gasteiger partial charge in [-0.2, -0.15) is 0 Å². The normalized spacial score (nSPS) is 12.8. The maximum atomic E-state index is 6.98. The first kappa shape index (κ1) is 32.3. The number of benzene rings is 9. The summed E-state index contributed by atoms with van der Waals surface area (Å²) < 4.78 is 15.6. The van der Waals surface area contributed by atoms with Crippen molar-refractivity contribution >= 4 is 72.9 Å². The minimum absolute atomic E-state index is 0.114. The van der Waals surface area contributed by atoms with Crippen molar-refractivity contribution in [2.24, 2.45) is 0 Å². The molecule has 0 amide bonds. The van der Waals surface area contributed by atoms with Gasteiger partial charge >= 0.3 is 6.85 Å². The standard InChI is InChI=1S/C54H33BN2O2/c1-2-14-37(15-3-1)57-49-32-35(34-27-29-51-43(30-34)42-19-7-12-24-50(42)58-51)26-28-41(49)44-31-36(33-53-54(44)55(57)45-20-8-13-25-52(45)59-53)38-16-4-9-21-46(38)56-47-22-10-5-17-39(47)40-18-6-11-23-48(40)56/h1-33H. The molecule has 2 aromatic heterocycles. The van der Waals surface area contributed by atoms with Crippen LogP contribution in [0.15, 0.2) is 205 Å². The van der Waals surface area contributed by atoms with Crippen LogP contribution in [0.2, 0.25) is 0 Å². The molecule has 2 aliphatic rings. The molecule has 5 heteroatoms. The van der Waals surface area contributed by atoms with Crippen LogP contribution in [0, 0.1) is 0 Å². The Morgan fingerprint density at radius 3 is 1.90 bits per heavy atom. The molecular weight excluding hydrogens is 719 g/mol. The van der Waals surface area contributed by atoms with Gasteiger partial charge in [0.1, 0.15) is 22.7 Å². The van der Waals surface area contributed by atoms with E-state index in [1.807, 2.05) is 12.1 Å². The van der Waals surface area contributed by atoms with Gasteiger partial charge in [-0.3, -0.25) is 0 Å². The molecule has 0 fully saturated rings. The van der Waals surface area contributed by atoms with Gasteiger partial charge in [-0.25, -0.2) is 0 Å². The Morgan fingerprint density at radius 2 is 1.05 bits per heavy atom. The van der Waals surface area contributed by atoms with Gasteiger partial charge in [-0.1, -0.05) is 127 Å². The van der Waals surface area contributed by atoms with E-state index in [1.54, 1.807) is 0 Å². The summed E-state index contributed by atoms with van der Waals surface area (Å²) in [6.45, 7) is -0.114. The summed E-state index contributed by atoms with van der Waals surface area (Å²) in [5, 5.41) is 4.73. The summed E-state index contributed by atoms with van der Waals surface area (Å²) >= 11 is 0. The molecule has 0 radical (unpaired) electrons. The van der Waals surface area contributed by atoms with Crippen molar-refractivity contribution in [3.8, 4) is 50.6 Å². The first-order valence-corrected chi connectivity index (χ1v) is 20.2. The number of aromatic nitrogens is 1. The average Bonchev–Trinajstić information content (AvgIpc) is 3.84. The molecule has 0 N–H and O–H groups in total. The van der Waals surface area contributed by atoms with Gasteiger partial charge in [0.2, 0.25) is 0 Å². The molecule has 0 aliphatic carbocycles. The first-order chi connectivity index (χ1) is 29.3. The predicted molar refractivity (Wildman–Crippen MR) is 244 cm³/mol. The summed E-state index contributed by atoms with van der Waals surface area (Å²) in [6, 6.07) is 72.0. The van der Waals surface area contributed by atoms with Crippen molar-refractivity contribution in [3.05, 3.63) is 200 Å². The van der Waals surface area contributed by atoms with E-state index in [1.165, 1.54) is 38.4 Å². The zero-order valence-corrected chi connectivity index (χ0v) is 31.8. The molecule has 0 atom stereocenters. The lowest BCUT2D eigenvalue weighted by atomic mass is 9.44. The second-order valence-electron chi connectivity index (χ2n) is 15.6. The van der Waals surface area contributed by atoms with E-state index < -0.39 is 0 Å². The van der Waals surface area contributed by atoms with Crippen LogP contribution >= 0.6 is 0 Å². The number of nitrogens with zero attached hydrogens (tertiary/aromatic N) is 2. The number of hydrogen-bond donors (Lipinski definition) is 0. The van der Waals surface area contributed by atoms with Crippen molar-refractivity contribution in [2.75, 3.05) is 4.81 Å². The third-order valence-electron chi connectivity index (χ3n) is 12.4. The number of hydrogen-bond acceptors (Lipinski definition) is 3. The number of rotatable bonds is 4. The van der Waals surface area contributed by atoms with Crippen molar-refractivity contribution < 1.29 is 9.15 Å². The highest BCUT2D eigenvalue weighted by atomic mass is 16.5. The molecular formula is C54H33BN2O2. The fourth-order valence-corrected chi connectivity index (χ4v) is 9.87. The van der Waals surface area contributed by atoms with Crippen LogP contribution in [-0.2, 0) is 0 Å². The predicted octanol–water partition coefficient (Wildman–Crippen LogP) is 13.0. The van der Waals surface area contributed by atoms with Crippen LogP contribution in [0.3, 0.4) is 0 Å². The zero-order valence-electron chi connectivity index (χ0n) is 31.8. The highest BCUT2D eigenvalue weighted by Crippen LogP contribution is 2.48. The van der Waals surface area contributed by atoms with Crippen LogP contribution in [-0.4, -0.2) is 11.4 Å². The van der Waals surface area contributed by atoms with Gasteiger partial charge in [0.05, 0.1) is 16.7 Å². The third-order valence-corrected chi connectivity index (χ3v) is 12.4. The zero-order chi connectivity index (χ0) is 38.6. The number of para-hydroxylation sites is 6. The topological polar surface area (TPSA) is 30.5 Å². The third kappa shape index (κ3) is 4.73. The molecule has 0 spiro atoms. The van der Waals surface area contributed by atoms with Gasteiger partial charge in [-0.05, 0) is 101 Å². The molecule has 13 rings (SSSR count). The van der Waals surface area contributed by atoms with E-state index in [4.69, 9.17) is 9.15 Å². The summed E-state index contributed by atoms with van der Waals surface area (Å²) in [7, 11) is 0. The van der Waals surface area contributed by atoms with E-state index in [0.29, 0.717) is 0 Å². The van der Waals surface area contributed by atoms with Gasteiger partial charge in [0, 0.05) is 49.5 Å². The largest absolute Gasteiger partial charge is 0.458 e. The Labute approximate surface area is 340 Å². The van der Waals surface area contributed by atoms with Crippen molar-refractivity contribution in [1.82, 2.24) is 4.57 Å². The smallest absolute Gasteiger partial charge is 0.336 e. The van der Waals surface area contributed by atoms with Crippen molar-refractivity contribution in [2.45, 2.75) is 0 Å². The fourth-order valence-electron chi connectivity index (χ4n) is 9.87. The van der Waals surface area contributed by atoms with Gasteiger partial charge in [0.15, 0.2) is 0 Å². The molecule has 0 saturated heterocycles. The minimum Gasteiger partial charge on any atom is -0.458 e. The second kappa shape index (κ2) is 12.4. The van der Waals surface area contributed by atoms with Gasteiger partial charge in [-0.15, -0.1) is 0 Å². The average molecular weight is 753 g/mol. The minimum atomic E-state index is -0.114. The van der Waals surface area contributed by atoms with E-state index in [0.717, 1.165) is 78.2 Å². The number of ether oxygens (including phenoxy) is 1. The van der Waals surface area contributed by atoms with Crippen molar-refractivity contribution in [1.29, 1.82) is 0 Å². The molecule has 274 valence electrons. The van der Waals surface area contributed by atoms with E-state index in [2.05, 4.69) is 197 Å². The van der Waals surface area contributed by atoms with Crippen LogP contribution in [0.5, 0.6) is 11.5 Å². The summed E-state index contributed by atoms with van der Waals surface area (Å²) in [5.41, 5.74) is 16.8. The Balaban J connectivity index is 1.07. The molecule has 4 heterocycles. The lowest BCUT2D eigenvalue weighted by Crippen LogP contribution is -2.59. The van der Waals surface area contributed by atoms with E-state index >= 15 is 0 Å². The molecule has 0 saturated carbocycles. The van der Waals surface area contributed by atoms with Crippen LogP contribution < -0.4 is 20.5 Å². The van der Waals surface area contributed by atoms with Gasteiger partial charge in [0.25, 0.3) is 0 Å². The number of furan rings is 1. The lowest BCUT2D eigenvalue weighted by molar-refractivity contribution is 0.487. The first-order valence-electron chi connectivity index (χ1n) is 20.2. The Kier molecular flexibility index (Phi) is 6.78. The molecule has 59 heavy (non-hydrogen) atoms. The SMILES string of the molecule is c1ccc(N2B3c4ccccc4Oc4cc(-c5ccccc5-n5c6ccccc6c6ccccc65)cc(c43)-c3ccc(-c4ccc5oc6ccccc6c5c4)cc32)cc1. The maximum absolute atomic E-state index is 6.98. The Hall–Kier alpha value is -7.76. The van der Waals surface area contributed by atoms with E-state index in [-0.39, 0.29) is 6.85 Å². The molecule has 11 aromatic rings.